The largest absolute Gasteiger partial charge is 0.397 e. The van der Waals surface area contributed by atoms with E-state index >= 15 is 0 Å². The molecule has 1 aromatic carbocycles. The van der Waals surface area contributed by atoms with E-state index in [0.717, 1.165) is 41.5 Å². The van der Waals surface area contributed by atoms with Crippen LogP contribution in [0.3, 0.4) is 0 Å². The van der Waals surface area contributed by atoms with E-state index < -0.39 is 0 Å². The lowest BCUT2D eigenvalue weighted by atomic mass is 9.78. The average Bonchev–Trinajstić information content (AvgIpc) is 2.63. The third-order valence-electron chi connectivity index (χ3n) is 6.07. The summed E-state index contributed by atoms with van der Waals surface area (Å²) >= 11 is 7.48. The Morgan fingerprint density at radius 2 is 1.88 bits per heavy atom. The maximum Gasteiger partial charge on any atom is 0.0649 e. The molecule has 24 heavy (non-hydrogen) atoms. The highest BCUT2D eigenvalue weighted by Gasteiger charge is 2.33. The molecule has 3 N–H and O–H groups in total. The number of nitrogens with zero attached hydrogens (tertiary/aromatic N) is 1. The van der Waals surface area contributed by atoms with Crippen LogP contribution in [0.25, 0.3) is 0 Å². The SMILES string of the molecule is Cc1c(N)c2c(c(Br)c1Br)CCCN2C(C)C1CCC(C=N)CC1. The van der Waals surface area contributed by atoms with Crippen molar-refractivity contribution in [2.75, 3.05) is 17.2 Å². The third kappa shape index (κ3) is 3.14. The second kappa shape index (κ2) is 7.36. The van der Waals surface area contributed by atoms with Crippen molar-refractivity contribution in [1.82, 2.24) is 0 Å². The molecular weight excluding hydrogens is 430 g/mol. The first-order valence-corrected chi connectivity index (χ1v) is 10.6. The molecule has 3 nitrogen and oxygen atoms in total. The zero-order valence-corrected chi connectivity index (χ0v) is 17.7. The van der Waals surface area contributed by atoms with Crippen molar-refractivity contribution in [3.05, 3.63) is 20.1 Å². The highest BCUT2D eigenvalue weighted by atomic mass is 79.9. The van der Waals surface area contributed by atoms with Crippen molar-refractivity contribution in [3.63, 3.8) is 0 Å². The van der Waals surface area contributed by atoms with E-state index in [0.29, 0.717) is 17.9 Å². The summed E-state index contributed by atoms with van der Waals surface area (Å²) in [5, 5.41) is 7.50. The minimum Gasteiger partial charge on any atom is -0.397 e. The molecule has 1 fully saturated rings. The molecule has 1 atom stereocenters. The Morgan fingerprint density at radius 1 is 1.21 bits per heavy atom. The Labute approximate surface area is 162 Å². The molecule has 1 aromatic rings. The van der Waals surface area contributed by atoms with E-state index in [9.17, 15) is 0 Å². The Morgan fingerprint density at radius 3 is 2.50 bits per heavy atom. The van der Waals surface area contributed by atoms with Crippen molar-refractivity contribution in [3.8, 4) is 0 Å². The summed E-state index contributed by atoms with van der Waals surface area (Å²) in [7, 11) is 0. The summed E-state index contributed by atoms with van der Waals surface area (Å²) in [6, 6.07) is 0.505. The van der Waals surface area contributed by atoms with Gasteiger partial charge in [0.25, 0.3) is 0 Å². The molecule has 2 aliphatic rings. The molecule has 1 heterocycles. The molecule has 0 amide bonds. The van der Waals surface area contributed by atoms with Gasteiger partial charge < -0.3 is 16.0 Å². The number of rotatable bonds is 3. The van der Waals surface area contributed by atoms with Gasteiger partial charge in [0.1, 0.15) is 0 Å². The van der Waals surface area contributed by atoms with Gasteiger partial charge in [0.05, 0.1) is 11.4 Å². The number of fused-ring (bicyclic) bond motifs is 1. The fraction of sp³-hybridized carbons (Fsp3) is 0.632. The monoisotopic (exact) mass is 455 g/mol. The Hall–Kier alpha value is -0.550. The van der Waals surface area contributed by atoms with Gasteiger partial charge in [-0.3, -0.25) is 0 Å². The third-order valence-corrected chi connectivity index (χ3v) is 8.47. The predicted octanol–water partition coefficient (Wildman–Crippen LogP) is 5.70. The standard InChI is InChI=1S/C19H27Br2N3/c1-11-16(20)17(21)15-4-3-9-24(19(15)18(11)23)12(2)14-7-5-13(10-22)6-8-14/h10,12-14,22H,3-9,23H2,1-2H3. The lowest BCUT2D eigenvalue weighted by molar-refractivity contribution is 0.279. The van der Waals surface area contributed by atoms with Crippen LogP contribution in [0.5, 0.6) is 0 Å². The Bertz CT molecular complexity index is 636. The molecule has 1 unspecified atom stereocenters. The van der Waals surface area contributed by atoms with E-state index in [1.54, 1.807) is 6.21 Å². The number of hydrogen-bond donors (Lipinski definition) is 2. The van der Waals surface area contributed by atoms with Crippen LogP contribution >= 0.6 is 31.9 Å². The van der Waals surface area contributed by atoms with Crippen molar-refractivity contribution in [2.24, 2.45) is 11.8 Å². The Kier molecular flexibility index (Phi) is 5.60. The van der Waals surface area contributed by atoms with Crippen molar-refractivity contribution in [2.45, 2.75) is 58.4 Å². The first kappa shape index (κ1) is 18.2. The van der Waals surface area contributed by atoms with Crippen LogP contribution in [0, 0.1) is 24.2 Å². The second-order valence-corrected chi connectivity index (χ2v) is 8.96. The minimum absolute atomic E-state index is 0.500. The number of hydrogen-bond acceptors (Lipinski definition) is 3. The Balaban J connectivity index is 1.91. The van der Waals surface area contributed by atoms with Gasteiger partial charge in [0.2, 0.25) is 0 Å². The summed E-state index contributed by atoms with van der Waals surface area (Å²) in [6.45, 7) is 5.56. The molecule has 3 rings (SSSR count). The first-order valence-electron chi connectivity index (χ1n) is 8.98. The summed E-state index contributed by atoms with van der Waals surface area (Å²) in [4.78, 5) is 2.56. The second-order valence-electron chi connectivity index (χ2n) is 7.37. The first-order chi connectivity index (χ1) is 11.5. The van der Waals surface area contributed by atoms with Crippen LogP contribution in [-0.2, 0) is 6.42 Å². The van der Waals surface area contributed by atoms with Crippen LogP contribution in [0.15, 0.2) is 8.95 Å². The fourth-order valence-corrected chi connectivity index (χ4v) is 5.55. The van der Waals surface area contributed by atoms with Gasteiger partial charge in [-0.25, -0.2) is 0 Å². The summed E-state index contributed by atoms with van der Waals surface area (Å²) in [5.74, 6) is 1.20. The molecule has 0 spiro atoms. The molecule has 0 aromatic heterocycles. The van der Waals surface area contributed by atoms with E-state index in [1.165, 1.54) is 35.0 Å². The number of anilines is 2. The zero-order valence-electron chi connectivity index (χ0n) is 14.5. The topological polar surface area (TPSA) is 53.1 Å². The minimum atomic E-state index is 0.500. The van der Waals surface area contributed by atoms with E-state index in [1.807, 2.05) is 0 Å². The van der Waals surface area contributed by atoms with Crippen molar-refractivity contribution < 1.29 is 0 Å². The van der Waals surface area contributed by atoms with Gasteiger partial charge >= 0.3 is 0 Å². The molecule has 1 aliphatic heterocycles. The van der Waals surface area contributed by atoms with Crippen LogP contribution < -0.4 is 10.6 Å². The molecule has 0 saturated heterocycles. The lowest BCUT2D eigenvalue weighted by Crippen LogP contribution is -2.43. The summed E-state index contributed by atoms with van der Waals surface area (Å²) in [5.41, 5.74) is 11.2. The van der Waals surface area contributed by atoms with E-state index in [-0.39, 0.29) is 0 Å². The summed E-state index contributed by atoms with van der Waals surface area (Å²) < 4.78 is 2.27. The molecular formula is C19H27Br2N3. The van der Waals surface area contributed by atoms with Crippen LogP contribution in [-0.4, -0.2) is 18.8 Å². The average molecular weight is 457 g/mol. The number of halogens is 2. The van der Waals surface area contributed by atoms with Crippen LogP contribution in [0.4, 0.5) is 11.4 Å². The number of benzene rings is 1. The van der Waals surface area contributed by atoms with Crippen molar-refractivity contribution >= 4 is 49.4 Å². The maximum atomic E-state index is 7.50. The van der Waals surface area contributed by atoms with Gasteiger partial charge in [0, 0.05) is 21.5 Å². The zero-order chi connectivity index (χ0) is 17.4. The van der Waals surface area contributed by atoms with Crippen LogP contribution in [0.1, 0.15) is 50.2 Å². The van der Waals surface area contributed by atoms with Gasteiger partial charge in [-0.15, -0.1) is 0 Å². The van der Waals surface area contributed by atoms with Crippen molar-refractivity contribution in [1.29, 1.82) is 5.41 Å². The molecule has 0 bridgehead atoms. The van der Waals surface area contributed by atoms with Gasteiger partial charge in [-0.05, 0) is 113 Å². The highest BCUT2D eigenvalue weighted by molar-refractivity contribution is 9.13. The maximum absolute atomic E-state index is 7.50. The molecule has 132 valence electrons. The number of nitrogens with two attached hydrogens (primary N) is 1. The van der Waals surface area contributed by atoms with E-state index in [2.05, 4.69) is 50.6 Å². The molecule has 1 saturated carbocycles. The quantitative estimate of drug-likeness (QED) is 0.452. The highest BCUT2D eigenvalue weighted by Crippen LogP contribution is 2.46. The van der Waals surface area contributed by atoms with E-state index in [4.69, 9.17) is 11.1 Å². The lowest BCUT2D eigenvalue weighted by Gasteiger charge is -2.43. The molecule has 0 radical (unpaired) electrons. The van der Waals surface area contributed by atoms with Gasteiger partial charge in [-0.1, -0.05) is 0 Å². The summed E-state index contributed by atoms with van der Waals surface area (Å²) in [6.07, 6.45) is 8.69. The molecule has 1 aliphatic carbocycles. The predicted molar refractivity (Wildman–Crippen MR) is 110 cm³/mol. The normalized spacial score (nSPS) is 25.2. The number of nitrogen functional groups attached to an aromatic ring is 1. The van der Waals surface area contributed by atoms with Gasteiger partial charge in [0.15, 0.2) is 0 Å². The molecule has 5 heteroatoms. The van der Waals surface area contributed by atoms with Crippen LogP contribution in [0.2, 0.25) is 0 Å². The smallest absolute Gasteiger partial charge is 0.0649 e. The van der Waals surface area contributed by atoms with Gasteiger partial charge in [-0.2, -0.15) is 0 Å². The number of nitrogens with one attached hydrogen (secondary N) is 1. The fourth-order valence-electron chi connectivity index (χ4n) is 4.41.